The Bertz CT molecular complexity index is 1420. The highest BCUT2D eigenvalue weighted by atomic mass is 19.1. The molecule has 0 unspecified atom stereocenters. The third kappa shape index (κ3) is 6.69. The Morgan fingerprint density at radius 2 is 1.74 bits per heavy atom. The highest BCUT2D eigenvalue weighted by Crippen LogP contribution is 2.22. The van der Waals surface area contributed by atoms with E-state index in [1.54, 1.807) is 25.3 Å². The average Bonchev–Trinajstić information content (AvgIpc) is 2.95. The van der Waals surface area contributed by atoms with Crippen molar-refractivity contribution >= 4 is 17.5 Å². The van der Waals surface area contributed by atoms with Crippen LogP contribution in [-0.4, -0.2) is 34.1 Å². The van der Waals surface area contributed by atoms with Gasteiger partial charge in [-0.3, -0.25) is 4.79 Å². The first-order valence-corrected chi connectivity index (χ1v) is 12.1. The predicted molar refractivity (Wildman–Crippen MR) is 144 cm³/mol. The van der Waals surface area contributed by atoms with Crippen LogP contribution in [0.15, 0.2) is 79.1 Å². The van der Waals surface area contributed by atoms with Gasteiger partial charge in [0.2, 0.25) is 0 Å². The van der Waals surface area contributed by atoms with E-state index in [0.717, 1.165) is 22.3 Å². The number of aromatic nitrogens is 2. The molecule has 0 aliphatic heterocycles. The van der Waals surface area contributed by atoms with Gasteiger partial charge in [0, 0.05) is 31.0 Å². The Morgan fingerprint density at radius 3 is 2.39 bits per heavy atom. The van der Waals surface area contributed by atoms with Crippen molar-refractivity contribution < 1.29 is 14.3 Å². The number of carbonyl (C=O) groups excluding carboxylic acids is 1. The van der Waals surface area contributed by atoms with Crippen molar-refractivity contribution in [3.8, 4) is 17.2 Å². The monoisotopic (exact) mass is 510 g/mol. The van der Waals surface area contributed by atoms with E-state index in [1.807, 2.05) is 42.5 Å². The van der Waals surface area contributed by atoms with Crippen molar-refractivity contribution in [2.75, 3.05) is 23.8 Å². The molecule has 0 aliphatic rings. The van der Waals surface area contributed by atoms with Crippen LogP contribution in [0.4, 0.5) is 16.0 Å². The molecule has 0 saturated carbocycles. The van der Waals surface area contributed by atoms with Crippen LogP contribution in [0.25, 0.3) is 11.1 Å². The number of nitrogens with one attached hydrogen (secondary N) is 3. The summed E-state index contributed by atoms with van der Waals surface area (Å²) in [5.41, 5.74) is 4.20. The third-order valence-corrected chi connectivity index (χ3v) is 5.91. The molecule has 8 nitrogen and oxygen atoms in total. The quantitative estimate of drug-likeness (QED) is 0.245. The Labute approximate surface area is 220 Å². The molecule has 0 aliphatic carbocycles. The minimum Gasteiger partial charge on any atom is -0.395 e. The molecule has 1 amide bonds. The van der Waals surface area contributed by atoms with Crippen LogP contribution < -0.4 is 16.0 Å². The third-order valence-electron chi connectivity index (χ3n) is 5.91. The largest absolute Gasteiger partial charge is 0.395 e. The fourth-order valence-electron chi connectivity index (χ4n) is 3.80. The van der Waals surface area contributed by atoms with Crippen LogP contribution in [0.1, 0.15) is 40.0 Å². The first-order valence-electron chi connectivity index (χ1n) is 12.1. The molecule has 9 heteroatoms. The topological polar surface area (TPSA) is 123 Å². The average molecular weight is 511 g/mol. The fraction of sp³-hybridized carbons (Fsp3) is 0.172. The van der Waals surface area contributed by atoms with Gasteiger partial charge in [0.25, 0.3) is 5.91 Å². The lowest BCUT2D eigenvalue weighted by atomic mass is 10.1. The minimum atomic E-state index is -0.395. The van der Waals surface area contributed by atoms with E-state index in [0.29, 0.717) is 24.7 Å². The zero-order chi connectivity index (χ0) is 26.9. The molecule has 2 aromatic carbocycles. The van der Waals surface area contributed by atoms with Crippen molar-refractivity contribution in [1.82, 2.24) is 15.3 Å². The van der Waals surface area contributed by atoms with E-state index in [2.05, 4.69) is 25.9 Å². The summed E-state index contributed by atoms with van der Waals surface area (Å²) in [5, 5.41) is 27.3. The Hall–Kier alpha value is -4.81. The first kappa shape index (κ1) is 26.3. The van der Waals surface area contributed by atoms with Gasteiger partial charge in [-0.2, -0.15) is 5.26 Å². The smallest absolute Gasteiger partial charge is 0.255 e. The molecule has 0 radical (unpaired) electrons. The number of benzene rings is 2. The molecule has 0 saturated heterocycles. The van der Waals surface area contributed by atoms with E-state index in [1.165, 1.54) is 24.4 Å². The van der Waals surface area contributed by atoms with Gasteiger partial charge in [-0.25, -0.2) is 14.4 Å². The second-order valence-corrected chi connectivity index (χ2v) is 8.61. The zero-order valence-electron chi connectivity index (χ0n) is 20.8. The summed E-state index contributed by atoms with van der Waals surface area (Å²) < 4.78 is 13.3. The molecule has 2 heterocycles. The number of hydrogen-bond donors (Lipinski definition) is 4. The highest BCUT2D eigenvalue weighted by Gasteiger charge is 2.17. The maximum Gasteiger partial charge on any atom is 0.255 e. The SMILES string of the molecule is C[C@H](NC(=O)c1cc(C#N)cnc1NCc1ccc(-c2ccc(NCCO)nc2)cc1)c1ccc(F)cc1. The van der Waals surface area contributed by atoms with Gasteiger partial charge in [-0.15, -0.1) is 0 Å². The lowest BCUT2D eigenvalue weighted by molar-refractivity contribution is 0.0940. The predicted octanol–water partition coefficient (Wildman–Crippen LogP) is 4.66. The van der Waals surface area contributed by atoms with Crippen molar-refractivity contribution in [2.45, 2.75) is 19.5 Å². The van der Waals surface area contributed by atoms with Gasteiger partial charge in [0.15, 0.2) is 0 Å². The van der Waals surface area contributed by atoms with Crippen LogP contribution in [-0.2, 0) is 6.54 Å². The molecular weight excluding hydrogens is 483 g/mol. The molecule has 4 rings (SSSR count). The van der Waals surface area contributed by atoms with Crippen LogP contribution in [0.5, 0.6) is 0 Å². The summed E-state index contributed by atoms with van der Waals surface area (Å²) in [7, 11) is 0. The van der Waals surface area contributed by atoms with E-state index in [9.17, 15) is 14.4 Å². The number of aliphatic hydroxyl groups is 1. The van der Waals surface area contributed by atoms with Crippen LogP contribution in [0.3, 0.4) is 0 Å². The molecule has 192 valence electrons. The number of rotatable bonds is 10. The van der Waals surface area contributed by atoms with Crippen molar-refractivity contribution in [3.05, 3.63) is 107 Å². The number of nitrogens with zero attached hydrogens (tertiary/aromatic N) is 3. The summed E-state index contributed by atoms with van der Waals surface area (Å²) in [4.78, 5) is 21.7. The number of hydrogen-bond acceptors (Lipinski definition) is 7. The van der Waals surface area contributed by atoms with E-state index < -0.39 is 5.91 Å². The number of carbonyl (C=O) groups is 1. The van der Waals surface area contributed by atoms with Crippen LogP contribution in [0, 0.1) is 17.1 Å². The summed E-state index contributed by atoms with van der Waals surface area (Å²) in [6, 6.07) is 20.8. The fourth-order valence-corrected chi connectivity index (χ4v) is 3.80. The van der Waals surface area contributed by atoms with Gasteiger partial charge in [-0.1, -0.05) is 36.4 Å². The molecule has 0 fully saturated rings. The van der Waals surface area contributed by atoms with Gasteiger partial charge in [-0.05, 0) is 53.9 Å². The van der Waals surface area contributed by atoms with Gasteiger partial charge < -0.3 is 21.1 Å². The Balaban J connectivity index is 1.43. The standard InChI is InChI=1S/C29H27FN6O2/c1-19(22-6-9-25(30)10-7-22)36-29(38)26-14-21(15-31)17-35-28(26)34-16-20-2-4-23(5-3-20)24-8-11-27(33-18-24)32-12-13-37/h2-11,14,17-19,37H,12-13,16H2,1H3,(H,32,33)(H,34,35)(H,36,38)/t19-/m0/s1. The molecule has 4 N–H and O–H groups in total. The normalized spacial score (nSPS) is 11.3. The van der Waals surface area contributed by atoms with E-state index >= 15 is 0 Å². The number of aliphatic hydroxyl groups excluding tert-OH is 1. The summed E-state index contributed by atoms with van der Waals surface area (Å²) in [6.45, 7) is 2.70. The molecule has 1 atom stereocenters. The molecule has 0 spiro atoms. The van der Waals surface area contributed by atoms with Crippen molar-refractivity contribution in [3.63, 3.8) is 0 Å². The van der Waals surface area contributed by atoms with Crippen molar-refractivity contribution in [1.29, 1.82) is 5.26 Å². The maximum atomic E-state index is 13.3. The minimum absolute atomic E-state index is 0.0399. The molecule has 2 aromatic heterocycles. The Kier molecular flexibility index (Phi) is 8.59. The van der Waals surface area contributed by atoms with Gasteiger partial charge >= 0.3 is 0 Å². The number of anilines is 2. The number of amides is 1. The molecule has 4 aromatic rings. The molecule has 0 bridgehead atoms. The summed E-state index contributed by atoms with van der Waals surface area (Å²) in [5.74, 6) is 0.310. The van der Waals surface area contributed by atoms with Gasteiger partial charge in [0.05, 0.1) is 23.8 Å². The lowest BCUT2D eigenvalue weighted by Crippen LogP contribution is -2.28. The lowest BCUT2D eigenvalue weighted by Gasteiger charge is -2.16. The number of nitriles is 1. The maximum absolute atomic E-state index is 13.3. The highest BCUT2D eigenvalue weighted by molar-refractivity contribution is 5.99. The molecule has 38 heavy (non-hydrogen) atoms. The summed E-state index contributed by atoms with van der Waals surface area (Å²) >= 11 is 0. The van der Waals surface area contributed by atoms with E-state index in [4.69, 9.17) is 5.11 Å². The summed E-state index contributed by atoms with van der Waals surface area (Å²) in [6.07, 6.45) is 3.18. The first-order chi connectivity index (χ1) is 18.5. The van der Waals surface area contributed by atoms with Crippen LogP contribution in [0.2, 0.25) is 0 Å². The second-order valence-electron chi connectivity index (χ2n) is 8.61. The Morgan fingerprint density at radius 1 is 1.00 bits per heavy atom. The second kappa shape index (κ2) is 12.4. The number of pyridine rings is 2. The van der Waals surface area contributed by atoms with Gasteiger partial charge in [0.1, 0.15) is 23.5 Å². The molecular formula is C29H27FN6O2. The zero-order valence-corrected chi connectivity index (χ0v) is 20.8. The van der Waals surface area contributed by atoms with Crippen molar-refractivity contribution in [2.24, 2.45) is 0 Å². The van der Waals surface area contributed by atoms with E-state index in [-0.39, 0.29) is 29.6 Å². The van der Waals surface area contributed by atoms with Crippen LogP contribution >= 0.6 is 0 Å². The number of halogens is 1.